The molecule has 4 rings (SSSR count). The molecule has 36 heavy (non-hydrogen) atoms. The van der Waals surface area contributed by atoms with Crippen molar-refractivity contribution in [1.29, 1.82) is 0 Å². The van der Waals surface area contributed by atoms with Crippen molar-refractivity contribution in [2.45, 2.75) is 12.5 Å². The van der Waals surface area contributed by atoms with Crippen LogP contribution in [0.5, 0.6) is 23.0 Å². The summed E-state index contributed by atoms with van der Waals surface area (Å²) in [5.74, 6) is 2.07. The summed E-state index contributed by atoms with van der Waals surface area (Å²) >= 11 is 5.96. The lowest BCUT2D eigenvalue weighted by Gasteiger charge is -2.37. The molecule has 0 aromatic heterocycles. The molecule has 188 valence electrons. The second-order valence-corrected chi connectivity index (χ2v) is 8.49. The van der Waals surface area contributed by atoms with Crippen LogP contribution in [0.4, 0.5) is 5.69 Å². The van der Waals surface area contributed by atoms with Gasteiger partial charge in [-0.05, 0) is 66.1 Å². The Morgan fingerprint density at radius 2 is 1.67 bits per heavy atom. The van der Waals surface area contributed by atoms with Crippen molar-refractivity contribution in [3.05, 3.63) is 86.4 Å². The third-order valence-corrected chi connectivity index (χ3v) is 6.44. The number of hydrogen-bond acceptors (Lipinski definition) is 7. The first-order chi connectivity index (χ1) is 17.4. The average Bonchev–Trinajstić information content (AvgIpc) is 2.90. The van der Waals surface area contributed by atoms with Gasteiger partial charge < -0.3 is 23.8 Å². The zero-order chi connectivity index (χ0) is 25.8. The van der Waals surface area contributed by atoms with Crippen LogP contribution in [0, 0.1) is 10.1 Å². The number of rotatable bonds is 8. The molecule has 0 N–H and O–H groups in total. The highest BCUT2D eigenvalue weighted by atomic mass is 35.5. The van der Waals surface area contributed by atoms with Crippen molar-refractivity contribution in [2.75, 3.05) is 34.5 Å². The van der Waals surface area contributed by atoms with E-state index in [4.69, 9.17) is 30.5 Å². The van der Waals surface area contributed by atoms with Gasteiger partial charge in [0.05, 0.1) is 32.3 Å². The minimum absolute atomic E-state index is 0.0308. The molecule has 3 aromatic carbocycles. The van der Waals surface area contributed by atoms with Crippen LogP contribution in [-0.2, 0) is 6.42 Å². The zero-order valence-corrected chi connectivity index (χ0v) is 20.8. The highest BCUT2D eigenvalue weighted by Crippen LogP contribution is 2.39. The first kappa shape index (κ1) is 25.1. The monoisotopic (exact) mass is 512 g/mol. The molecule has 1 heterocycles. The fraction of sp³-hybridized carbons (Fsp3) is 0.269. The number of fused-ring (bicyclic) bond motifs is 1. The number of ether oxygens (including phenoxy) is 4. The molecule has 0 fully saturated rings. The molecule has 1 atom stereocenters. The first-order valence-corrected chi connectivity index (χ1v) is 11.5. The zero-order valence-electron chi connectivity index (χ0n) is 20.0. The fourth-order valence-electron chi connectivity index (χ4n) is 4.25. The Kier molecular flexibility index (Phi) is 7.49. The van der Waals surface area contributed by atoms with Gasteiger partial charge in [0.1, 0.15) is 23.1 Å². The van der Waals surface area contributed by atoms with Crippen LogP contribution < -0.4 is 18.9 Å². The molecule has 10 heteroatoms. The van der Waals surface area contributed by atoms with Crippen LogP contribution in [-0.4, -0.2) is 50.2 Å². The minimum atomic E-state index is -0.605. The fourth-order valence-corrected chi connectivity index (χ4v) is 4.44. The van der Waals surface area contributed by atoms with Gasteiger partial charge in [0.25, 0.3) is 11.6 Å². The van der Waals surface area contributed by atoms with Gasteiger partial charge in [-0.15, -0.1) is 0 Å². The molecule has 0 saturated heterocycles. The lowest BCUT2D eigenvalue weighted by Crippen LogP contribution is -2.42. The Morgan fingerprint density at radius 3 is 2.31 bits per heavy atom. The number of halogens is 1. The third kappa shape index (κ3) is 5.01. The lowest BCUT2D eigenvalue weighted by atomic mass is 9.91. The summed E-state index contributed by atoms with van der Waals surface area (Å²) in [7, 11) is 4.70. The summed E-state index contributed by atoms with van der Waals surface area (Å²) in [5, 5.41) is 11.3. The van der Waals surface area contributed by atoms with Gasteiger partial charge in [-0.1, -0.05) is 11.6 Å². The highest BCUT2D eigenvalue weighted by molar-refractivity contribution is 6.32. The van der Waals surface area contributed by atoms with Crippen molar-refractivity contribution in [3.8, 4) is 23.0 Å². The predicted octanol–water partition coefficient (Wildman–Crippen LogP) is 5.09. The summed E-state index contributed by atoms with van der Waals surface area (Å²) in [6, 6.07) is 14.5. The van der Waals surface area contributed by atoms with Gasteiger partial charge in [-0.3, -0.25) is 14.9 Å². The largest absolute Gasteiger partial charge is 0.497 e. The van der Waals surface area contributed by atoms with E-state index in [0.717, 1.165) is 11.1 Å². The van der Waals surface area contributed by atoms with E-state index in [9.17, 15) is 14.9 Å². The maximum Gasteiger partial charge on any atom is 0.288 e. The molecule has 0 aliphatic carbocycles. The highest BCUT2D eigenvalue weighted by Gasteiger charge is 2.34. The van der Waals surface area contributed by atoms with Crippen LogP contribution in [0.25, 0.3) is 0 Å². The van der Waals surface area contributed by atoms with Crippen LogP contribution in [0.2, 0.25) is 5.02 Å². The molecule has 1 aliphatic rings. The van der Waals surface area contributed by atoms with Crippen LogP contribution in [0.15, 0.2) is 54.6 Å². The van der Waals surface area contributed by atoms with E-state index in [1.54, 1.807) is 50.5 Å². The molecule has 0 spiro atoms. The number of nitro benzene ring substituents is 1. The van der Waals surface area contributed by atoms with Gasteiger partial charge in [0.15, 0.2) is 11.5 Å². The van der Waals surface area contributed by atoms with Crippen molar-refractivity contribution < 1.29 is 28.7 Å². The van der Waals surface area contributed by atoms with E-state index in [-0.39, 0.29) is 28.8 Å². The molecule has 0 bridgehead atoms. The van der Waals surface area contributed by atoms with Crippen molar-refractivity contribution in [1.82, 2.24) is 4.90 Å². The van der Waals surface area contributed by atoms with Gasteiger partial charge >= 0.3 is 0 Å². The molecular weight excluding hydrogens is 488 g/mol. The number of amides is 1. The van der Waals surface area contributed by atoms with Gasteiger partial charge in [0.2, 0.25) is 0 Å². The third-order valence-electron chi connectivity index (χ3n) is 6.12. The Hall–Kier alpha value is -3.98. The molecule has 0 saturated carbocycles. The predicted molar refractivity (Wildman–Crippen MR) is 134 cm³/mol. The number of carbonyl (C=O) groups is 1. The standard InChI is InChI=1S/C26H25ClN2O7/c1-33-18-5-7-19(8-6-18)36-15-23-20-14-25(35-3)24(34-2)13-16(20)10-11-28(23)26(30)17-4-9-21(27)22(12-17)29(31)32/h4-9,12-14,23H,10-11,15H2,1-3H3. The summed E-state index contributed by atoms with van der Waals surface area (Å²) in [5.41, 5.74) is 1.70. The topological polar surface area (TPSA) is 100 Å². The van der Waals surface area contributed by atoms with Gasteiger partial charge in [-0.25, -0.2) is 0 Å². The van der Waals surface area contributed by atoms with Crippen molar-refractivity contribution in [2.24, 2.45) is 0 Å². The summed E-state index contributed by atoms with van der Waals surface area (Å²) < 4.78 is 22.2. The van der Waals surface area contributed by atoms with Crippen molar-refractivity contribution in [3.63, 3.8) is 0 Å². The number of nitrogens with zero attached hydrogens (tertiary/aromatic N) is 2. The van der Waals surface area contributed by atoms with E-state index in [2.05, 4.69) is 0 Å². The molecular formula is C26H25ClN2O7. The Bertz CT molecular complexity index is 1280. The summed E-state index contributed by atoms with van der Waals surface area (Å²) in [4.78, 5) is 26.0. The van der Waals surface area contributed by atoms with Crippen LogP contribution in [0.3, 0.4) is 0 Å². The quantitative estimate of drug-likeness (QED) is 0.306. The van der Waals surface area contributed by atoms with Gasteiger partial charge in [0, 0.05) is 18.2 Å². The number of hydrogen-bond donors (Lipinski definition) is 0. The Morgan fingerprint density at radius 1 is 1.00 bits per heavy atom. The Labute approximate surface area is 213 Å². The van der Waals surface area contributed by atoms with Crippen LogP contribution >= 0.6 is 11.6 Å². The van der Waals surface area contributed by atoms with E-state index in [1.807, 2.05) is 12.1 Å². The minimum Gasteiger partial charge on any atom is -0.497 e. The molecule has 1 aliphatic heterocycles. The molecule has 1 unspecified atom stereocenters. The maximum atomic E-state index is 13.6. The summed E-state index contributed by atoms with van der Waals surface area (Å²) in [6.07, 6.45) is 0.566. The molecule has 9 nitrogen and oxygen atoms in total. The Balaban J connectivity index is 1.71. The first-order valence-electron chi connectivity index (χ1n) is 11.1. The maximum absolute atomic E-state index is 13.6. The normalized spacial score (nSPS) is 14.6. The van der Waals surface area contributed by atoms with E-state index in [0.29, 0.717) is 36.0 Å². The molecule has 1 amide bonds. The van der Waals surface area contributed by atoms with E-state index < -0.39 is 11.0 Å². The second kappa shape index (κ2) is 10.7. The van der Waals surface area contributed by atoms with Crippen LogP contribution in [0.1, 0.15) is 27.5 Å². The van der Waals surface area contributed by atoms with Gasteiger partial charge in [-0.2, -0.15) is 0 Å². The summed E-state index contributed by atoms with van der Waals surface area (Å²) in [6.45, 7) is 0.532. The van der Waals surface area contributed by atoms with Crippen molar-refractivity contribution >= 4 is 23.2 Å². The smallest absolute Gasteiger partial charge is 0.288 e. The average molecular weight is 513 g/mol. The number of nitro groups is 1. The van der Waals surface area contributed by atoms with E-state index in [1.165, 1.54) is 18.2 Å². The number of methoxy groups -OCH3 is 3. The number of benzene rings is 3. The second-order valence-electron chi connectivity index (χ2n) is 8.08. The SMILES string of the molecule is COc1ccc(OCC2c3cc(OC)c(OC)cc3CCN2C(=O)c2ccc(Cl)c([N+](=O)[O-])c2)cc1. The molecule has 0 radical (unpaired) electrons. The molecule has 3 aromatic rings. The number of carbonyl (C=O) groups excluding carboxylic acids is 1. The lowest BCUT2D eigenvalue weighted by molar-refractivity contribution is -0.384. The van der Waals surface area contributed by atoms with E-state index >= 15 is 0 Å².